The summed E-state index contributed by atoms with van der Waals surface area (Å²) in [6.45, 7) is 10.5. The quantitative estimate of drug-likeness (QED) is 0.761. The van der Waals surface area contributed by atoms with Gasteiger partial charge >= 0.3 is 5.63 Å². The molecule has 1 spiro atoms. The van der Waals surface area contributed by atoms with E-state index in [4.69, 9.17) is 4.42 Å². The van der Waals surface area contributed by atoms with Gasteiger partial charge in [-0.25, -0.2) is 4.79 Å². The third kappa shape index (κ3) is 3.56. The van der Waals surface area contributed by atoms with Crippen LogP contribution in [-0.4, -0.2) is 67.1 Å². The van der Waals surface area contributed by atoms with E-state index < -0.39 is 0 Å². The number of rotatable bonds is 2. The number of hydrogen-bond donors (Lipinski definition) is 0. The molecule has 0 aliphatic carbocycles. The third-order valence-corrected chi connectivity index (χ3v) is 6.84. The highest BCUT2D eigenvalue weighted by atomic mass is 16.4. The Labute approximate surface area is 161 Å². The molecule has 0 unspecified atom stereocenters. The zero-order valence-electron chi connectivity index (χ0n) is 17.0. The van der Waals surface area contributed by atoms with Crippen LogP contribution in [0.1, 0.15) is 29.5 Å². The summed E-state index contributed by atoms with van der Waals surface area (Å²) in [4.78, 5) is 19.7. The first-order chi connectivity index (χ1) is 12.9. The van der Waals surface area contributed by atoms with E-state index in [0.29, 0.717) is 5.58 Å². The monoisotopic (exact) mass is 369 g/mol. The van der Waals surface area contributed by atoms with Gasteiger partial charge in [0, 0.05) is 43.2 Å². The van der Waals surface area contributed by atoms with Crippen LogP contribution in [0.4, 0.5) is 0 Å². The Morgan fingerprint density at radius 1 is 1.00 bits per heavy atom. The third-order valence-electron chi connectivity index (χ3n) is 6.84. The molecule has 4 rings (SSSR count). The molecule has 0 radical (unpaired) electrons. The minimum atomic E-state index is -0.246. The van der Waals surface area contributed by atoms with E-state index in [9.17, 15) is 4.79 Å². The van der Waals surface area contributed by atoms with Crippen molar-refractivity contribution in [2.24, 2.45) is 0 Å². The predicted molar refractivity (Wildman–Crippen MR) is 109 cm³/mol. The van der Waals surface area contributed by atoms with E-state index in [1.165, 1.54) is 18.4 Å². The molecule has 1 aromatic carbocycles. The Bertz CT molecular complexity index is 896. The molecule has 146 valence electrons. The van der Waals surface area contributed by atoms with Gasteiger partial charge in [-0.3, -0.25) is 9.80 Å². The Morgan fingerprint density at radius 3 is 2.44 bits per heavy atom. The van der Waals surface area contributed by atoms with Gasteiger partial charge in [0.2, 0.25) is 0 Å². The average molecular weight is 370 g/mol. The number of hydrogen-bond acceptors (Lipinski definition) is 5. The summed E-state index contributed by atoms with van der Waals surface area (Å²) in [7, 11) is 4.49. The molecular weight excluding hydrogens is 338 g/mol. The van der Waals surface area contributed by atoms with Gasteiger partial charge in [0.25, 0.3) is 0 Å². The molecule has 0 amide bonds. The summed E-state index contributed by atoms with van der Waals surface area (Å²) in [5.41, 5.74) is 4.23. The predicted octanol–water partition coefficient (Wildman–Crippen LogP) is 2.62. The number of likely N-dealkylation sites (tertiary alicyclic amines) is 1. The van der Waals surface area contributed by atoms with Crippen LogP contribution in [0.5, 0.6) is 0 Å². The van der Waals surface area contributed by atoms with Gasteiger partial charge in [-0.1, -0.05) is 0 Å². The van der Waals surface area contributed by atoms with Gasteiger partial charge in [-0.15, -0.1) is 0 Å². The van der Waals surface area contributed by atoms with Crippen LogP contribution < -0.4 is 5.63 Å². The van der Waals surface area contributed by atoms with Crippen molar-refractivity contribution < 1.29 is 4.42 Å². The van der Waals surface area contributed by atoms with E-state index in [1.54, 1.807) is 6.07 Å². The molecule has 5 nitrogen and oxygen atoms in total. The van der Waals surface area contributed by atoms with E-state index in [-0.39, 0.29) is 11.2 Å². The molecule has 1 aromatic heterocycles. The maximum absolute atomic E-state index is 12.1. The summed E-state index contributed by atoms with van der Waals surface area (Å²) in [6, 6.07) is 5.86. The van der Waals surface area contributed by atoms with Crippen molar-refractivity contribution in [2.75, 3.05) is 46.8 Å². The Balaban J connectivity index is 1.62. The standard InChI is InChI=1S/C22H31N3O2/c1-16-11-19-18(13-21(26)27-20(19)12-17(16)2)14-25-10-9-24(4)22(15-25)5-7-23(3)8-6-22/h11-13H,5-10,14-15H2,1-4H3. The molecule has 2 aromatic rings. The van der Waals surface area contributed by atoms with Crippen LogP contribution in [0.15, 0.2) is 27.4 Å². The van der Waals surface area contributed by atoms with E-state index in [0.717, 1.165) is 55.8 Å². The van der Waals surface area contributed by atoms with Crippen molar-refractivity contribution in [1.29, 1.82) is 0 Å². The summed E-state index contributed by atoms with van der Waals surface area (Å²) in [5, 5.41) is 1.08. The molecule has 0 N–H and O–H groups in total. The van der Waals surface area contributed by atoms with E-state index in [2.05, 4.69) is 48.7 Å². The van der Waals surface area contributed by atoms with Crippen LogP contribution in [0.2, 0.25) is 0 Å². The van der Waals surface area contributed by atoms with Crippen molar-refractivity contribution >= 4 is 11.0 Å². The highest BCUT2D eigenvalue weighted by molar-refractivity contribution is 5.81. The molecular formula is C22H31N3O2. The van der Waals surface area contributed by atoms with Crippen molar-refractivity contribution in [3.05, 3.63) is 45.3 Å². The second kappa shape index (κ2) is 7.04. The first-order valence-corrected chi connectivity index (χ1v) is 10.0. The zero-order chi connectivity index (χ0) is 19.2. The fourth-order valence-corrected chi connectivity index (χ4v) is 4.71. The fraction of sp³-hybridized carbons (Fsp3) is 0.591. The molecule has 0 saturated carbocycles. The molecule has 0 bridgehead atoms. The first kappa shape index (κ1) is 18.7. The van der Waals surface area contributed by atoms with Crippen molar-refractivity contribution in [3.8, 4) is 0 Å². The van der Waals surface area contributed by atoms with E-state index >= 15 is 0 Å². The topological polar surface area (TPSA) is 39.9 Å². The number of piperidine rings is 1. The molecule has 5 heteroatoms. The van der Waals surface area contributed by atoms with Gasteiger partial charge in [0.15, 0.2) is 0 Å². The molecule has 27 heavy (non-hydrogen) atoms. The SMILES string of the molecule is Cc1cc2oc(=O)cc(CN3CCN(C)C4(CCN(C)CC4)C3)c2cc1C. The fourth-order valence-electron chi connectivity index (χ4n) is 4.71. The van der Waals surface area contributed by atoms with Crippen LogP contribution in [0.3, 0.4) is 0 Å². The Hall–Kier alpha value is -1.69. The Morgan fingerprint density at radius 2 is 1.70 bits per heavy atom. The number of nitrogens with zero attached hydrogens (tertiary/aromatic N) is 3. The van der Waals surface area contributed by atoms with Crippen molar-refractivity contribution in [2.45, 2.75) is 38.8 Å². The maximum atomic E-state index is 12.1. The zero-order valence-corrected chi connectivity index (χ0v) is 17.0. The summed E-state index contributed by atoms with van der Waals surface area (Å²) in [5.74, 6) is 0. The lowest BCUT2D eigenvalue weighted by molar-refractivity contribution is -0.0256. The molecule has 0 atom stereocenters. The van der Waals surface area contributed by atoms with Gasteiger partial charge in [0.05, 0.1) is 0 Å². The second-order valence-corrected chi connectivity index (χ2v) is 8.68. The minimum absolute atomic E-state index is 0.246. The summed E-state index contributed by atoms with van der Waals surface area (Å²) >= 11 is 0. The summed E-state index contributed by atoms with van der Waals surface area (Å²) < 4.78 is 5.48. The molecule has 2 aliphatic heterocycles. The highest BCUT2D eigenvalue weighted by Crippen LogP contribution is 2.32. The Kier molecular flexibility index (Phi) is 4.87. The lowest BCUT2D eigenvalue weighted by Crippen LogP contribution is -2.63. The number of benzene rings is 1. The van der Waals surface area contributed by atoms with E-state index in [1.807, 2.05) is 6.07 Å². The molecule has 2 saturated heterocycles. The van der Waals surface area contributed by atoms with Gasteiger partial charge in [0.1, 0.15) is 5.58 Å². The first-order valence-electron chi connectivity index (χ1n) is 10.0. The average Bonchev–Trinajstić information content (AvgIpc) is 2.62. The lowest BCUT2D eigenvalue weighted by atomic mass is 9.83. The highest BCUT2D eigenvalue weighted by Gasteiger charge is 2.41. The number of piperazine rings is 1. The minimum Gasteiger partial charge on any atom is -0.423 e. The van der Waals surface area contributed by atoms with Crippen molar-refractivity contribution in [3.63, 3.8) is 0 Å². The molecule has 2 aliphatic rings. The van der Waals surface area contributed by atoms with Crippen LogP contribution in [0, 0.1) is 13.8 Å². The maximum Gasteiger partial charge on any atom is 0.336 e. The molecule has 2 fully saturated rings. The summed E-state index contributed by atoms with van der Waals surface area (Å²) in [6.07, 6.45) is 2.43. The second-order valence-electron chi connectivity index (χ2n) is 8.68. The number of aryl methyl sites for hydroxylation is 2. The smallest absolute Gasteiger partial charge is 0.336 e. The number of likely N-dealkylation sites (N-methyl/N-ethyl adjacent to an activating group) is 1. The molecule has 3 heterocycles. The van der Waals surface area contributed by atoms with Crippen LogP contribution >= 0.6 is 0 Å². The van der Waals surface area contributed by atoms with Gasteiger partial charge < -0.3 is 9.32 Å². The van der Waals surface area contributed by atoms with Crippen LogP contribution in [-0.2, 0) is 6.54 Å². The number of fused-ring (bicyclic) bond motifs is 1. The lowest BCUT2D eigenvalue weighted by Gasteiger charge is -2.52. The van der Waals surface area contributed by atoms with Crippen LogP contribution in [0.25, 0.3) is 11.0 Å². The largest absolute Gasteiger partial charge is 0.423 e. The van der Waals surface area contributed by atoms with Gasteiger partial charge in [-0.2, -0.15) is 0 Å². The van der Waals surface area contributed by atoms with Crippen molar-refractivity contribution in [1.82, 2.24) is 14.7 Å². The van der Waals surface area contributed by atoms with Gasteiger partial charge in [-0.05, 0) is 82.7 Å². The normalized spacial score (nSPS) is 21.9.